The molecule has 0 aliphatic carbocycles. The van der Waals surface area contributed by atoms with Crippen molar-refractivity contribution in [3.63, 3.8) is 0 Å². The molecule has 0 bridgehead atoms. The van der Waals surface area contributed by atoms with Crippen molar-refractivity contribution in [1.29, 1.82) is 0 Å². The third kappa shape index (κ3) is 4.10. The van der Waals surface area contributed by atoms with Gasteiger partial charge in [0.1, 0.15) is 11.3 Å². The van der Waals surface area contributed by atoms with E-state index in [9.17, 15) is 4.79 Å². The number of furan rings is 1. The molecule has 0 radical (unpaired) electrons. The quantitative estimate of drug-likeness (QED) is 0.694. The van der Waals surface area contributed by atoms with Crippen LogP contribution in [-0.4, -0.2) is 44.0 Å². The summed E-state index contributed by atoms with van der Waals surface area (Å²) in [5, 5.41) is 3.96. The second kappa shape index (κ2) is 7.90. The number of rotatable bonds is 4. The predicted molar refractivity (Wildman–Crippen MR) is 115 cm³/mol. The summed E-state index contributed by atoms with van der Waals surface area (Å²) in [6.45, 7) is 6.09. The van der Waals surface area contributed by atoms with E-state index in [0.717, 1.165) is 48.4 Å². The van der Waals surface area contributed by atoms with Crippen LogP contribution in [0.15, 0.2) is 65.1 Å². The van der Waals surface area contributed by atoms with Crippen molar-refractivity contribution >= 4 is 33.8 Å². The van der Waals surface area contributed by atoms with Gasteiger partial charge in [0.25, 0.3) is 0 Å². The van der Waals surface area contributed by atoms with E-state index < -0.39 is 0 Å². The van der Waals surface area contributed by atoms with Gasteiger partial charge in [0.2, 0.25) is 5.91 Å². The lowest BCUT2D eigenvalue weighted by Crippen LogP contribution is -2.44. The number of carbonyl (C=O) groups is 1. The Bertz CT molecular complexity index is 963. The van der Waals surface area contributed by atoms with Crippen LogP contribution in [0.3, 0.4) is 0 Å². The van der Waals surface area contributed by atoms with E-state index in [1.165, 1.54) is 5.69 Å². The van der Waals surface area contributed by atoms with Gasteiger partial charge in [-0.15, -0.1) is 0 Å². The molecule has 2 aromatic carbocycles. The largest absolute Gasteiger partial charge is 0.456 e. The minimum atomic E-state index is -0.162. The van der Waals surface area contributed by atoms with E-state index in [0.29, 0.717) is 5.76 Å². The minimum Gasteiger partial charge on any atom is -0.456 e. The number of carbonyl (C=O) groups excluding carboxylic acids is 1. The smallest absolute Gasteiger partial charge is 0.248 e. The molecule has 1 aromatic heterocycles. The topological polar surface area (TPSA) is 48.7 Å². The molecule has 3 aromatic rings. The van der Waals surface area contributed by atoms with Gasteiger partial charge in [0, 0.05) is 49.0 Å². The lowest BCUT2D eigenvalue weighted by Gasteiger charge is -2.34. The summed E-state index contributed by atoms with van der Waals surface area (Å²) in [6.07, 6.45) is 1.58. The van der Waals surface area contributed by atoms with Crippen LogP contribution in [0.1, 0.15) is 12.7 Å². The first-order valence-electron chi connectivity index (χ1n) is 9.60. The van der Waals surface area contributed by atoms with Crippen LogP contribution < -0.4 is 10.2 Å². The summed E-state index contributed by atoms with van der Waals surface area (Å²) >= 11 is 0. The normalized spacial score (nSPS) is 15.8. The first kappa shape index (κ1) is 18.3. The van der Waals surface area contributed by atoms with E-state index in [-0.39, 0.29) is 5.91 Å². The molecular weight excluding hydrogens is 350 g/mol. The van der Waals surface area contributed by atoms with Crippen LogP contribution in [0.25, 0.3) is 16.5 Å². The van der Waals surface area contributed by atoms with E-state index in [1.54, 1.807) is 6.08 Å². The third-order valence-corrected chi connectivity index (χ3v) is 5.17. The van der Waals surface area contributed by atoms with Crippen LogP contribution >= 0.6 is 0 Å². The SMILES string of the molecule is C/C(=C\C(=O)Nc1ccc(N2CCN(C)CC2)cc1)c1cc2ccccc2o1. The maximum atomic E-state index is 12.4. The molecule has 0 atom stereocenters. The molecule has 0 spiro atoms. The Labute approximate surface area is 165 Å². The number of fused-ring (bicyclic) bond motifs is 1. The van der Waals surface area contributed by atoms with Crippen molar-refractivity contribution in [2.24, 2.45) is 0 Å². The number of allylic oxidation sites excluding steroid dienone is 1. The van der Waals surface area contributed by atoms with E-state index >= 15 is 0 Å². The Morgan fingerprint density at radius 3 is 2.46 bits per heavy atom. The Hall–Kier alpha value is -3.05. The predicted octanol–water partition coefficient (Wildman–Crippen LogP) is 4.23. The average molecular weight is 375 g/mol. The summed E-state index contributed by atoms with van der Waals surface area (Å²) in [5.41, 5.74) is 3.60. The Kier molecular flexibility index (Phi) is 5.17. The van der Waals surface area contributed by atoms with Crippen molar-refractivity contribution in [1.82, 2.24) is 4.90 Å². The minimum absolute atomic E-state index is 0.162. The van der Waals surface area contributed by atoms with Gasteiger partial charge < -0.3 is 19.5 Å². The summed E-state index contributed by atoms with van der Waals surface area (Å²) in [6, 6.07) is 17.8. The molecule has 5 nitrogen and oxygen atoms in total. The molecule has 144 valence electrons. The first-order chi connectivity index (χ1) is 13.6. The average Bonchev–Trinajstić information content (AvgIpc) is 3.14. The van der Waals surface area contributed by atoms with Crippen LogP contribution in [0.5, 0.6) is 0 Å². The molecule has 28 heavy (non-hydrogen) atoms. The molecule has 1 N–H and O–H groups in total. The fourth-order valence-corrected chi connectivity index (χ4v) is 3.44. The van der Waals surface area contributed by atoms with Gasteiger partial charge in [-0.05, 0) is 55.9 Å². The Morgan fingerprint density at radius 1 is 1.04 bits per heavy atom. The van der Waals surface area contributed by atoms with E-state index in [4.69, 9.17) is 4.42 Å². The number of hydrogen-bond donors (Lipinski definition) is 1. The molecule has 0 unspecified atom stereocenters. The van der Waals surface area contributed by atoms with Gasteiger partial charge in [0.15, 0.2) is 0 Å². The van der Waals surface area contributed by atoms with Crippen LogP contribution in [0, 0.1) is 0 Å². The first-order valence-corrected chi connectivity index (χ1v) is 9.60. The highest BCUT2D eigenvalue weighted by Gasteiger charge is 2.14. The van der Waals surface area contributed by atoms with Crippen molar-refractivity contribution in [3.05, 3.63) is 66.4 Å². The number of hydrogen-bond acceptors (Lipinski definition) is 4. The Morgan fingerprint density at radius 2 is 1.75 bits per heavy atom. The van der Waals surface area contributed by atoms with Crippen molar-refractivity contribution in [2.75, 3.05) is 43.4 Å². The van der Waals surface area contributed by atoms with Crippen LogP contribution in [0.4, 0.5) is 11.4 Å². The molecule has 5 heteroatoms. The maximum Gasteiger partial charge on any atom is 0.248 e. The van der Waals surface area contributed by atoms with E-state index in [2.05, 4.69) is 34.3 Å². The highest BCUT2D eigenvalue weighted by atomic mass is 16.3. The molecule has 2 heterocycles. The molecule has 1 amide bonds. The standard InChI is InChI=1S/C23H25N3O2/c1-17(22-16-18-5-3-4-6-21(18)28-22)15-23(27)24-19-7-9-20(10-8-19)26-13-11-25(2)12-14-26/h3-10,15-16H,11-14H2,1-2H3,(H,24,27)/b17-15+. The third-order valence-electron chi connectivity index (χ3n) is 5.17. The van der Waals surface area contributed by atoms with Gasteiger partial charge in [-0.3, -0.25) is 4.79 Å². The van der Waals surface area contributed by atoms with Gasteiger partial charge >= 0.3 is 0 Å². The highest BCUT2D eigenvalue weighted by molar-refractivity contribution is 6.04. The monoisotopic (exact) mass is 375 g/mol. The number of nitrogens with one attached hydrogen (secondary N) is 1. The number of benzene rings is 2. The number of amides is 1. The maximum absolute atomic E-state index is 12.4. The van der Waals surface area contributed by atoms with Crippen LogP contribution in [-0.2, 0) is 4.79 Å². The second-order valence-electron chi connectivity index (χ2n) is 7.30. The summed E-state index contributed by atoms with van der Waals surface area (Å²) in [5.74, 6) is 0.548. The van der Waals surface area contributed by atoms with Crippen molar-refractivity contribution in [2.45, 2.75) is 6.92 Å². The number of para-hydroxylation sites is 1. The van der Waals surface area contributed by atoms with Gasteiger partial charge in [-0.2, -0.15) is 0 Å². The molecule has 1 aliphatic rings. The number of likely N-dealkylation sites (N-methyl/N-ethyl adjacent to an activating group) is 1. The molecular formula is C23H25N3O2. The van der Waals surface area contributed by atoms with Crippen molar-refractivity contribution < 1.29 is 9.21 Å². The molecule has 1 fully saturated rings. The molecule has 4 rings (SSSR count). The number of anilines is 2. The zero-order chi connectivity index (χ0) is 19.5. The summed E-state index contributed by atoms with van der Waals surface area (Å²) in [4.78, 5) is 17.1. The van der Waals surface area contributed by atoms with Crippen molar-refractivity contribution in [3.8, 4) is 0 Å². The molecule has 0 saturated carbocycles. The van der Waals surface area contributed by atoms with Gasteiger partial charge in [0.05, 0.1) is 0 Å². The van der Waals surface area contributed by atoms with E-state index in [1.807, 2.05) is 49.4 Å². The van der Waals surface area contributed by atoms with Crippen LogP contribution in [0.2, 0.25) is 0 Å². The zero-order valence-corrected chi connectivity index (χ0v) is 16.3. The zero-order valence-electron chi connectivity index (χ0n) is 16.3. The number of nitrogens with zero attached hydrogens (tertiary/aromatic N) is 2. The fourth-order valence-electron chi connectivity index (χ4n) is 3.44. The highest BCUT2D eigenvalue weighted by Crippen LogP contribution is 2.24. The van der Waals surface area contributed by atoms with Gasteiger partial charge in [-0.25, -0.2) is 0 Å². The second-order valence-corrected chi connectivity index (χ2v) is 7.30. The number of piperazine rings is 1. The Balaban J connectivity index is 1.40. The summed E-state index contributed by atoms with van der Waals surface area (Å²) in [7, 11) is 2.15. The van der Waals surface area contributed by atoms with Gasteiger partial charge in [-0.1, -0.05) is 18.2 Å². The summed E-state index contributed by atoms with van der Waals surface area (Å²) < 4.78 is 5.81. The molecule has 1 aliphatic heterocycles. The lowest BCUT2D eigenvalue weighted by atomic mass is 10.2. The molecule has 1 saturated heterocycles. The lowest BCUT2D eigenvalue weighted by molar-refractivity contribution is -0.111. The fraction of sp³-hybridized carbons (Fsp3) is 0.261.